The van der Waals surface area contributed by atoms with E-state index in [0.717, 1.165) is 0 Å². The minimum atomic E-state index is -0.484. The Hall–Kier alpha value is -1.70. The number of carbonyl (C=O) groups excluding carboxylic acids is 2. The fraction of sp³-hybridized carbons (Fsp3) is 0.412. The molecule has 0 fully saturated rings. The molecule has 0 heterocycles. The molecule has 0 N–H and O–H groups in total. The molecule has 4 nitrogen and oxygen atoms in total. The Morgan fingerprint density at radius 3 is 2.57 bits per heavy atom. The van der Waals surface area contributed by atoms with Gasteiger partial charge in [0, 0.05) is 23.9 Å². The molecular formula is C17H18Cl2O4. The van der Waals surface area contributed by atoms with Gasteiger partial charge in [-0.25, -0.2) is 0 Å². The second kappa shape index (κ2) is 10.1. The van der Waals surface area contributed by atoms with E-state index in [1.165, 1.54) is 6.07 Å². The zero-order chi connectivity index (χ0) is 17.2. The van der Waals surface area contributed by atoms with Crippen LogP contribution in [0.5, 0.6) is 5.75 Å². The highest BCUT2D eigenvalue weighted by Gasteiger charge is 2.13. The van der Waals surface area contributed by atoms with Gasteiger partial charge in [0.15, 0.2) is 11.9 Å². The lowest BCUT2D eigenvalue weighted by molar-refractivity contribution is -0.146. The maximum Gasteiger partial charge on any atom is 0.311 e. The van der Waals surface area contributed by atoms with Crippen molar-refractivity contribution in [2.45, 2.75) is 45.6 Å². The third-order valence-corrected chi connectivity index (χ3v) is 3.38. The molecule has 1 rings (SSSR count). The summed E-state index contributed by atoms with van der Waals surface area (Å²) in [5, 5.41) is 0.717. The first-order valence-corrected chi connectivity index (χ1v) is 7.99. The Morgan fingerprint density at radius 1 is 1.22 bits per heavy atom. The zero-order valence-corrected chi connectivity index (χ0v) is 14.5. The number of esters is 2. The Balaban J connectivity index is 2.37. The third kappa shape index (κ3) is 7.40. The standard InChI is InChI=1S/C17H18Cl2O4/c1-3-6-13(4-2)22-16(20)7-5-8-17(21)23-15-11-12(18)9-10-14(15)19/h9-11,13H,4-5,7-8H2,1-2H3. The van der Waals surface area contributed by atoms with Crippen molar-refractivity contribution in [3.8, 4) is 17.6 Å². The minimum absolute atomic E-state index is 0.0776. The van der Waals surface area contributed by atoms with Crippen LogP contribution < -0.4 is 4.74 Å². The second-order valence-electron chi connectivity index (χ2n) is 4.68. The van der Waals surface area contributed by atoms with Gasteiger partial charge in [0.2, 0.25) is 0 Å². The predicted octanol–water partition coefficient (Wildman–Crippen LogP) is 4.41. The maximum atomic E-state index is 11.7. The molecule has 1 aromatic carbocycles. The Bertz CT molecular complexity index is 617. The molecule has 0 radical (unpaired) electrons. The molecule has 23 heavy (non-hydrogen) atoms. The van der Waals surface area contributed by atoms with Crippen LogP contribution in [0.15, 0.2) is 18.2 Å². The summed E-state index contributed by atoms with van der Waals surface area (Å²) in [6.07, 6.45) is 0.757. The molecule has 0 amide bonds. The average Bonchev–Trinajstić information content (AvgIpc) is 2.50. The molecule has 0 aliphatic carbocycles. The molecule has 0 saturated carbocycles. The highest BCUT2D eigenvalue weighted by atomic mass is 35.5. The lowest BCUT2D eigenvalue weighted by atomic mass is 10.2. The van der Waals surface area contributed by atoms with Gasteiger partial charge in [-0.3, -0.25) is 9.59 Å². The van der Waals surface area contributed by atoms with Crippen molar-refractivity contribution in [2.24, 2.45) is 0 Å². The molecule has 0 aliphatic rings. The van der Waals surface area contributed by atoms with Gasteiger partial charge >= 0.3 is 11.9 Å². The molecule has 0 bridgehead atoms. The summed E-state index contributed by atoms with van der Waals surface area (Å²) in [6.45, 7) is 3.57. The fourth-order valence-corrected chi connectivity index (χ4v) is 2.02. The molecular weight excluding hydrogens is 339 g/mol. The number of rotatable bonds is 7. The highest BCUT2D eigenvalue weighted by molar-refractivity contribution is 6.34. The first kappa shape index (κ1) is 19.3. The normalized spacial score (nSPS) is 11.1. The summed E-state index contributed by atoms with van der Waals surface area (Å²) >= 11 is 11.7. The predicted molar refractivity (Wildman–Crippen MR) is 89.6 cm³/mol. The summed E-state index contributed by atoms with van der Waals surface area (Å²) in [5.74, 6) is 4.85. The summed E-state index contributed by atoms with van der Waals surface area (Å²) in [7, 11) is 0. The number of halogens is 2. The van der Waals surface area contributed by atoms with Gasteiger partial charge in [-0.2, -0.15) is 0 Å². The molecule has 124 valence electrons. The maximum absolute atomic E-state index is 11.7. The zero-order valence-electron chi connectivity index (χ0n) is 13.0. The van der Waals surface area contributed by atoms with Gasteiger partial charge in [0.25, 0.3) is 0 Å². The van der Waals surface area contributed by atoms with Gasteiger partial charge in [0.1, 0.15) is 0 Å². The SMILES string of the molecule is CC#CC(CC)OC(=O)CCCC(=O)Oc1cc(Cl)ccc1Cl. The van der Waals surface area contributed by atoms with Crippen molar-refractivity contribution in [2.75, 3.05) is 0 Å². The van der Waals surface area contributed by atoms with Gasteiger partial charge in [-0.15, -0.1) is 5.92 Å². The van der Waals surface area contributed by atoms with Crippen molar-refractivity contribution in [1.82, 2.24) is 0 Å². The summed E-state index contributed by atoms with van der Waals surface area (Å²) in [4.78, 5) is 23.4. The van der Waals surface area contributed by atoms with Crippen LogP contribution in [0.25, 0.3) is 0 Å². The number of hydrogen-bond donors (Lipinski definition) is 0. The van der Waals surface area contributed by atoms with Crippen LogP contribution in [0, 0.1) is 11.8 Å². The lowest BCUT2D eigenvalue weighted by Crippen LogP contribution is -2.16. The molecule has 1 unspecified atom stereocenters. The van der Waals surface area contributed by atoms with Crippen LogP contribution in [0.4, 0.5) is 0 Å². The van der Waals surface area contributed by atoms with Crippen molar-refractivity contribution >= 4 is 35.1 Å². The molecule has 1 aromatic rings. The Kier molecular flexibility index (Phi) is 8.53. The second-order valence-corrected chi connectivity index (χ2v) is 5.53. The van der Waals surface area contributed by atoms with Gasteiger partial charge < -0.3 is 9.47 Å². The topological polar surface area (TPSA) is 52.6 Å². The quantitative estimate of drug-likeness (QED) is 0.412. The van der Waals surface area contributed by atoms with Gasteiger partial charge in [-0.1, -0.05) is 36.0 Å². The molecule has 0 spiro atoms. The molecule has 0 aromatic heterocycles. The van der Waals surface area contributed by atoms with Gasteiger partial charge in [-0.05, 0) is 31.9 Å². The van der Waals surface area contributed by atoms with E-state index < -0.39 is 12.1 Å². The average molecular weight is 357 g/mol. The number of benzene rings is 1. The number of ether oxygens (including phenoxy) is 2. The first-order chi connectivity index (χ1) is 11.0. The minimum Gasteiger partial charge on any atom is -0.449 e. The van der Waals surface area contributed by atoms with Crippen LogP contribution >= 0.6 is 23.2 Å². The van der Waals surface area contributed by atoms with E-state index in [-0.39, 0.29) is 24.6 Å². The van der Waals surface area contributed by atoms with Crippen LogP contribution in [0.3, 0.4) is 0 Å². The van der Waals surface area contributed by atoms with E-state index in [0.29, 0.717) is 22.9 Å². The van der Waals surface area contributed by atoms with E-state index >= 15 is 0 Å². The van der Waals surface area contributed by atoms with Crippen LogP contribution in [-0.2, 0) is 14.3 Å². The number of hydrogen-bond acceptors (Lipinski definition) is 4. The number of carbonyl (C=O) groups is 2. The fourth-order valence-electron chi connectivity index (χ4n) is 1.70. The molecule has 1 atom stereocenters. The van der Waals surface area contributed by atoms with E-state index in [2.05, 4.69) is 11.8 Å². The van der Waals surface area contributed by atoms with Crippen molar-refractivity contribution in [3.63, 3.8) is 0 Å². The highest BCUT2D eigenvalue weighted by Crippen LogP contribution is 2.28. The lowest BCUT2D eigenvalue weighted by Gasteiger charge is -2.10. The van der Waals surface area contributed by atoms with Gasteiger partial charge in [0.05, 0.1) is 5.02 Å². The molecule has 6 heteroatoms. The van der Waals surface area contributed by atoms with Crippen LogP contribution in [-0.4, -0.2) is 18.0 Å². The van der Waals surface area contributed by atoms with Crippen molar-refractivity contribution < 1.29 is 19.1 Å². The monoisotopic (exact) mass is 356 g/mol. The Labute approximate surface area is 146 Å². The summed E-state index contributed by atoms with van der Waals surface area (Å²) < 4.78 is 10.3. The summed E-state index contributed by atoms with van der Waals surface area (Å²) in [6, 6.07) is 4.61. The summed E-state index contributed by atoms with van der Waals surface area (Å²) in [5.41, 5.74) is 0. The first-order valence-electron chi connectivity index (χ1n) is 7.23. The van der Waals surface area contributed by atoms with E-state index in [9.17, 15) is 9.59 Å². The molecule has 0 saturated heterocycles. The van der Waals surface area contributed by atoms with Crippen molar-refractivity contribution in [1.29, 1.82) is 0 Å². The largest absolute Gasteiger partial charge is 0.449 e. The van der Waals surface area contributed by atoms with E-state index in [1.54, 1.807) is 19.1 Å². The Morgan fingerprint density at radius 2 is 1.91 bits per heavy atom. The van der Waals surface area contributed by atoms with Crippen LogP contribution in [0.1, 0.15) is 39.5 Å². The van der Waals surface area contributed by atoms with E-state index in [1.807, 2.05) is 6.92 Å². The third-order valence-electron chi connectivity index (χ3n) is 2.83. The smallest absolute Gasteiger partial charge is 0.311 e. The van der Waals surface area contributed by atoms with Crippen molar-refractivity contribution in [3.05, 3.63) is 28.2 Å². The van der Waals surface area contributed by atoms with E-state index in [4.69, 9.17) is 32.7 Å². The van der Waals surface area contributed by atoms with Crippen LogP contribution in [0.2, 0.25) is 10.0 Å². The molecule has 0 aliphatic heterocycles.